The molecule has 0 aromatic heterocycles. The maximum atomic E-state index is 10.9. The minimum atomic E-state index is -0.398. The molecule has 2 aliphatic heterocycles. The summed E-state index contributed by atoms with van der Waals surface area (Å²) in [6.45, 7) is 0.124. The lowest BCUT2D eigenvalue weighted by Gasteiger charge is -2.03. The van der Waals surface area contributed by atoms with E-state index in [1.54, 1.807) is 11.8 Å². The molecule has 2 aliphatic rings. The van der Waals surface area contributed by atoms with E-state index in [-0.39, 0.29) is 30.4 Å². The summed E-state index contributed by atoms with van der Waals surface area (Å²) in [4.78, 5) is 41.5. The average molecular weight is 274 g/mol. The Hall–Kier alpha value is -1.77. The molecule has 0 radical (unpaired) electrons. The van der Waals surface area contributed by atoms with Gasteiger partial charge < -0.3 is 10.6 Å². The number of thioether (sulfide) groups is 1. The maximum Gasteiger partial charge on any atom is 0.322 e. The van der Waals surface area contributed by atoms with Crippen LogP contribution in [0.4, 0.5) is 9.59 Å². The topological polar surface area (TPSA) is 116 Å². The van der Waals surface area contributed by atoms with Gasteiger partial charge in [0, 0.05) is 0 Å². The van der Waals surface area contributed by atoms with Gasteiger partial charge in [0.25, 0.3) is 5.91 Å². The summed E-state index contributed by atoms with van der Waals surface area (Å²) >= 11 is 1.66. The van der Waals surface area contributed by atoms with E-state index in [0.29, 0.717) is 6.42 Å². The summed E-state index contributed by atoms with van der Waals surface area (Å²) in [5, 5.41) is 9.00. The summed E-state index contributed by atoms with van der Waals surface area (Å²) in [5.74, 6) is 0.423. The van der Waals surface area contributed by atoms with Gasteiger partial charge in [0.2, 0.25) is 5.91 Å². The standard InChI is InChI=1S/C6H10N2O2S.C3H4N2O2/c1-11-3-2-4-5(9)8-6(10)7-4;6-2-1-4-3(7)5-2/h4H,2-3H2,1H3,(H2,7,8,9,10);1H2,(H2,4,5,6,7). The smallest absolute Gasteiger partial charge is 0.322 e. The van der Waals surface area contributed by atoms with E-state index in [1.807, 2.05) is 11.6 Å². The normalized spacial score (nSPS) is 21.5. The van der Waals surface area contributed by atoms with E-state index in [0.717, 1.165) is 5.75 Å². The van der Waals surface area contributed by atoms with Crippen LogP contribution >= 0.6 is 11.8 Å². The molecule has 2 saturated heterocycles. The van der Waals surface area contributed by atoms with E-state index in [9.17, 15) is 19.2 Å². The van der Waals surface area contributed by atoms with Crippen molar-refractivity contribution in [3.63, 3.8) is 0 Å². The third-order valence-corrected chi connectivity index (χ3v) is 2.78. The monoisotopic (exact) mass is 274 g/mol. The van der Waals surface area contributed by atoms with Crippen LogP contribution < -0.4 is 21.3 Å². The van der Waals surface area contributed by atoms with Crippen molar-refractivity contribution in [2.24, 2.45) is 0 Å². The Kier molecular flexibility index (Phi) is 5.43. The molecular formula is C9H14N4O4S. The number of imide groups is 2. The zero-order valence-electron chi connectivity index (χ0n) is 9.74. The molecule has 9 heteroatoms. The zero-order chi connectivity index (χ0) is 13.5. The Balaban J connectivity index is 0.000000199. The highest BCUT2D eigenvalue weighted by Gasteiger charge is 2.28. The first-order chi connectivity index (χ1) is 8.52. The van der Waals surface area contributed by atoms with Crippen LogP contribution in [0.3, 0.4) is 0 Å². The molecule has 100 valence electrons. The molecule has 8 nitrogen and oxygen atoms in total. The van der Waals surface area contributed by atoms with Gasteiger partial charge in [-0.3, -0.25) is 20.2 Å². The molecule has 1 atom stereocenters. The molecule has 0 aromatic carbocycles. The van der Waals surface area contributed by atoms with Crippen LogP contribution in [0.15, 0.2) is 0 Å². The van der Waals surface area contributed by atoms with Crippen LogP contribution in [0, 0.1) is 0 Å². The number of carbonyl (C=O) groups is 4. The van der Waals surface area contributed by atoms with Crippen molar-refractivity contribution in [2.45, 2.75) is 12.5 Å². The van der Waals surface area contributed by atoms with Gasteiger partial charge in [-0.15, -0.1) is 0 Å². The predicted octanol–water partition coefficient (Wildman–Crippen LogP) is -1.23. The fourth-order valence-electron chi connectivity index (χ4n) is 1.27. The zero-order valence-corrected chi connectivity index (χ0v) is 10.6. The van der Waals surface area contributed by atoms with Crippen LogP contribution in [-0.2, 0) is 9.59 Å². The Morgan fingerprint density at radius 1 is 1.17 bits per heavy atom. The van der Waals surface area contributed by atoms with Gasteiger partial charge in [-0.05, 0) is 18.4 Å². The Morgan fingerprint density at radius 3 is 2.22 bits per heavy atom. The summed E-state index contributed by atoms with van der Waals surface area (Å²) in [6.07, 6.45) is 2.67. The van der Waals surface area contributed by atoms with E-state index in [4.69, 9.17) is 0 Å². The molecule has 2 heterocycles. The first-order valence-corrected chi connectivity index (χ1v) is 6.60. The number of hydrogen-bond donors (Lipinski definition) is 4. The quantitative estimate of drug-likeness (QED) is 0.481. The highest BCUT2D eigenvalue weighted by atomic mass is 32.2. The second-order valence-corrected chi connectivity index (χ2v) is 4.51. The lowest BCUT2D eigenvalue weighted by atomic mass is 10.2. The fraction of sp³-hybridized carbons (Fsp3) is 0.556. The number of hydrogen-bond acceptors (Lipinski definition) is 5. The molecule has 18 heavy (non-hydrogen) atoms. The summed E-state index contributed by atoms with van der Waals surface area (Å²) < 4.78 is 0. The molecule has 0 saturated carbocycles. The number of carbonyl (C=O) groups excluding carboxylic acids is 4. The second-order valence-electron chi connectivity index (χ2n) is 3.53. The Bertz CT molecular complexity index is 360. The third-order valence-electron chi connectivity index (χ3n) is 2.13. The third kappa shape index (κ3) is 4.62. The minimum Gasteiger partial charge on any atom is -0.329 e. The van der Waals surface area contributed by atoms with Crippen LogP contribution in [0.5, 0.6) is 0 Å². The van der Waals surface area contributed by atoms with E-state index >= 15 is 0 Å². The van der Waals surface area contributed by atoms with Crippen LogP contribution in [0.2, 0.25) is 0 Å². The predicted molar refractivity (Wildman–Crippen MR) is 65.0 cm³/mol. The van der Waals surface area contributed by atoms with Crippen LogP contribution in [-0.4, -0.2) is 48.5 Å². The minimum absolute atomic E-state index is 0.124. The van der Waals surface area contributed by atoms with Gasteiger partial charge in [-0.1, -0.05) is 0 Å². The number of amides is 6. The summed E-state index contributed by atoms with van der Waals surface area (Å²) in [6, 6.07) is -1.08. The van der Waals surface area contributed by atoms with E-state index in [2.05, 4.69) is 16.0 Å². The maximum absolute atomic E-state index is 10.9. The highest BCUT2D eigenvalue weighted by Crippen LogP contribution is 2.03. The van der Waals surface area contributed by atoms with Gasteiger partial charge in [0.05, 0.1) is 6.54 Å². The van der Waals surface area contributed by atoms with Crippen molar-refractivity contribution < 1.29 is 19.2 Å². The molecule has 6 amide bonds. The van der Waals surface area contributed by atoms with Gasteiger partial charge in [0.15, 0.2) is 0 Å². The van der Waals surface area contributed by atoms with Crippen molar-refractivity contribution in [1.29, 1.82) is 0 Å². The van der Waals surface area contributed by atoms with E-state index in [1.165, 1.54) is 0 Å². The van der Waals surface area contributed by atoms with Gasteiger partial charge in [-0.25, -0.2) is 9.59 Å². The Morgan fingerprint density at radius 2 is 1.89 bits per heavy atom. The van der Waals surface area contributed by atoms with Crippen molar-refractivity contribution in [3.8, 4) is 0 Å². The first kappa shape index (κ1) is 14.3. The lowest BCUT2D eigenvalue weighted by molar-refractivity contribution is -0.120. The molecule has 2 rings (SSSR count). The van der Waals surface area contributed by atoms with Crippen molar-refractivity contribution >= 4 is 35.6 Å². The molecule has 0 aromatic rings. The number of rotatable bonds is 3. The summed E-state index contributed by atoms with van der Waals surface area (Å²) in [5.41, 5.74) is 0. The average Bonchev–Trinajstić information content (AvgIpc) is 2.82. The van der Waals surface area contributed by atoms with Gasteiger partial charge in [-0.2, -0.15) is 11.8 Å². The molecule has 0 spiro atoms. The molecule has 0 bridgehead atoms. The molecule has 4 N–H and O–H groups in total. The Labute approximate surface area is 108 Å². The van der Waals surface area contributed by atoms with Crippen molar-refractivity contribution in [1.82, 2.24) is 21.3 Å². The molecule has 1 unspecified atom stereocenters. The first-order valence-electron chi connectivity index (χ1n) is 5.21. The number of nitrogens with one attached hydrogen (secondary N) is 4. The largest absolute Gasteiger partial charge is 0.329 e. The van der Waals surface area contributed by atoms with Crippen molar-refractivity contribution in [3.05, 3.63) is 0 Å². The van der Waals surface area contributed by atoms with Gasteiger partial charge >= 0.3 is 12.1 Å². The van der Waals surface area contributed by atoms with Crippen molar-refractivity contribution in [2.75, 3.05) is 18.6 Å². The second kappa shape index (κ2) is 6.84. The molecular weight excluding hydrogens is 260 g/mol. The van der Waals surface area contributed by atoms with Crippen LogP contribution in [0.1, 0.15) is 6.42 Å². The fourth-order valence-corrected chi connectivity index (χ4v) is 1.74. The van der Waals surface area contributed by atoms with Crippen LogP contribution in [0.25, 0.3) is 0 Å². The molecule has 2 fully saturated rings. The number of urea groups is 2. The van der Waals surface area contributed by atoms with E-state index < -0.39 is 6.03 Å². The summed E-state index contributed by atoms with van der Waals surface area (Å²) in [7, 11) is 0. The SMILES string of the molecule is CSCCC1NC(=O)NC1=O.O=C1CNC(=O)N1. The van der Waals surface area contributed by atoms with Gasteiger partial charge in [0.1, 0.15) is 6.04 Å². The lowest BCUT2D eigenvalue weighted by Crippen LogP contribution is -2.29. The molecule has 0 aliphatic carbocycles. The highest BCUT2D eigenvalue weighted by molar-refractivity contribution is 7.98.